The summed E-state index contributed by atoms with van der Waals surface area (Å²) in [5, 5.41) is 0. The number of benzene rings is 3. The summed E-state index contributed by atoms with van der Waals surface area (Å²) in [6.07, 6.45) is 2.00. The standard InChI is InChI=1S/C26H28N2O2/c1-20-13-15-22(16-14-20)29-18-8-7-17-28-24-11-5-4-10-23(24)27-26(28)19-30-25-12-6-3-9-21(25)2/h3-6,9-16H,7-8,17-19H2,1-2H3. The minimum Gasteiger partial charge on any atom is -0.494 e. The third kappa shape index (κ3) is 4.82. The average molecular weight is 401 g/mol. The lowest BCUT2D eigenvalue weighted by molar-refractivity contribution is 0.283. The van der Waals surface area contributed by atoms with E-state index < -0.39 is 0 Å². The number of fused-ring (bicyclic) bond motifs is 1. The van der Waals surface area contributed by atoms with Crippen LogP contribution in [0, 0.1) is 13.8 Å². The Balaban J connectivity index is 1.38. The highest BCUT2D eigenvalue weighted by molar-refractivity contribution is 5.75. The van der Waals surface area contributed by atoms with Gasteiger partial charge in [0.05, 0.1) is 17.6 Å². The summed E-state index contributed by atoms with van der Waals surface area (Å²) in [6.45, 7) is 6.21. The first kappa shape index (κ1) is 20.0. The van der Waals surface area contributed by atoms with Crippen molar-refractivity contribution in [2.24, 2.45) is 0 Å². The summed E-state index contributed by atoms with van der Waals surface area (Å²) in [5.41, 5.74) is 4.54. The van der Waals surface area contributed by atoms with Gasteiger partial charge in [0.2, 0.25) is 0 Å². The molecule has 0 fully saturated rings. The fourth-order valence-corrected chi connectivity index (χ4v) is 3.54. The number of rotatable bonds is 9. The van der Waals surface area contributed by atoms with E-state index >= 15 is 0 Å². The number of para-hydroxylation sites is 3. The zero-order valence-corrected chi connectivity index (χ0v) is 17.7. The van der Waals surface area contributed by atoms with Crippen molar-refractivity contribution in [3.8, 4) is 11.5 Å². The number of imidazole rings is 1. The zero-order chi connectivity index (χ0) is 20.8. The van der Waals surface area contributed by atoms with E-state index in [0.717, 1.165) is 53.3 Å². The van der Waals surface area contributed by atoms with Crippen molar-refractivity contribution in [1.82, 2.24) is 9.55 Å². The Labute approximate surface area is 178 Å². The van der Waals surface area contributed by atoms with Gasteiger partial charge in [-0.15, -0.1) is 0 Å². The summed E-state index contributed by atoms with van der Waals surface area (Å²) < 4.78 is 14.2. The number of nitrogens with zero attached hydrogens (tertiary/aromatic N) is 2. The Hall–Kier alpha value is -3.27. The van der Waals surface area contributed by atoms with Gasteiger partial charge in [-0.2, -0.15) is 0 Å². The van der Waals surface area contributed by atoms with Crippen LogP contribution >= 0.6 is 0 Å². The number of unbranched alkanes of at least 4 members (excludes halogenated alkanes) is 1. The maximum Gasteiger partial charge on any atom is 0.147 e. The normalized spacial score (nSPS) is 11.0. The van der Waals surface area contributed by atoms with E-state index in [1.807, 2.05) is 36.4 Å². The van der Waals surface area contributed by atoms with Gasteiger partial charge in [0, 0.05) is 6.54 Å². The SMILES string of the molecule is Cc1ccc(OCCCCn2c(COc3ccccc3C)nc3ccccc32)cc1. The predicted octanol–water partition coefficient (Wildman–Crippen LogP) is 6.09. The first-order chi connectivity index (χ1) is 14.7. The van der Waals surface area contributed by atoms with Gasteiger partial charge in [0.25, 0.3) is 0 Å². The van der Waals surface area contributed by atoms with Crippen molar-refractivity contribution in [3.63, 3.8) is 0 Å². The third-order valence-electron chi connectivity index (χ3n) is 5.25. The smallest absolute Gasteiger partial charge is 0.147 e. The summed E-state index contributed by atoms with van der Waals surface area (Å²) in [7, 11) is 0. The molecule has 0 aliphatic carbocycles. The molecule has 1 heterocycles. The molecule has 4 rings (SSSR count). The number of hydrogen-bond donors (Lipinski definition) is 0. The molecule has 154 valence electrons. The van der Waals surface area contributed by atoms with Gasteiger partial charge < -0.3 is 14.0 Å². The van der Waals surface area contributed by atoms with E-state index in [-0.39, 0.29) is 0 Å². The summed E-state index contributed by atoms with van der Waals surface area (Å²) in [5.74, 6) is 2.79. The molecule has 0 aliphatic heterocycles. The van der Waals surface area contributed by atoms with E-state index in [9.17, 15) is 0 Å². The number of ether oxygens (including phenoxy) is 2. The van der Waals surface area contributed by atoms with Gasteiger partial charge in [-0.3, -0.25) is 0 Å². The molecule has 0 amide bonds. The molecule has 0 radical (unpaired) electrons. The van der Waals surface area contributed by atoms with E-state index in [4.69, 9.17) is 14.5 Å². The summed E-state index contributed by atoms with van der Waals surface area (Å²) >= 11 is 0. The molecule has 1 aromatic heterocycles. The number of aromatic nitrogens is 2. The molecule has 4 aromatic rings. The van der Waals surface area contributed by atoms with Crippen molar-refractivity contribution < 1.29 is 9.47 Å². The van der Waals surface area contributed by atoms with Crippen molar-refractivity contribution >= 4 is 11.0 Å². The second-order valence-electron chi connectivity index (χ2n) is 7.59. The van der Waals surface area contributed by atoms with E-state index in [0.29, 0.717) is 13.2 Å². The molecule has 4 nitrogen and oxygen atoms in total. The molecular weight excluding hydrogens is 372 g/mol. The molecule has 4 heteroatoms. The molecule has 0 N–H and O–H groups in total. The highest BCUT2D eigenvalue weighted by Gasteiger charge is 2.11. The van der Waals surface area contributed by atoms with Gasteiger partial charge in [-0.05, 0) is 62.6 Å². The monoisotopic (exact) mass is 400 g/mol. The lowest BCUT2D eigenvalue weighted by Gasteiger charge is -2.12. The van der Waals surface area contributed by atoms with Gasteiger partial charge in [0.1, 0.15) is 23.9 Å². The summed E-state index contributed by atoms with van der Waals surface area (Å²) in [6, 6.07) is 24.6. The number of aryl methyl sites for hydroxylation is 3. The van der Waals surface area contributed by atoms with Crippen LogP contribution in [0.25, 0.3) is 11.0 Å². The topological polar surface area (TPSA) is 36.3 Å². The average Bonchev–Trinajstić information content (AvgIpc) is 3.12. The fraction of sp³-hybridized carbons (Fsp3) is 0.269. The number of hydrogen-bond acceptors (Lipinski definition) is 3. The highest BCUT2D eigenvalue weighted by Crippen LogP contribution is 2.21. The van der Waals surface area contributed by atoms with Crippen LogP contribution in [0.1, 0.15) is 29.8 Å². The molecule has 0 saturated carbocycles. The largest absolute Gasteiger partial charge is 0.494 e. The van der Waals surface area contributed by atoms with Crippen LogP contribution in [0.4, 0.5) is 0 Å². The lowest BCUT2D eigenvalue weighted by atomic mass is 10.2. The molecule has 0 aliphatic rings. The first-order valence-electron chi connectivity index (χ1n) is 10.5. The summed E-state index contributed by atoms with van der Waals surface area (Å²) in [4.78, 5) is 4.82. The van der Waals surface area contributed by atoms with Crippen molar-refractivity contribution in [3.05, 3.63) is 89.7 Å². The van der Waals surface area contributed by atoms with Crippen LogP contribution in [-0.4, -0.2) is 16.2 Å². The Morgan fingerprint density at radius 2 is 1.57 bits per heavy atom. The van der Waals surface area contributed by atoms with E-state index in [2.05, 4.69) is 54.8 Å². The molecular formula is C26H28N2O2. The fourth-order valence-electron chi connectivity index (χ4n) is 3.54. The molecule has 0 bridgehead atoms. The lowest BCUT2D eigenvalue weighted by Crippen LogP contribution is -2.09. The Bertz CT molecular complexity index is 1100. The quantitative estimate of drug-likeness (QED) is 0.319. The Kier molecular flexibility index (Phi) is 6.33. The van der Waals surface area contributed by atoms with Gasteiger partial charge in [0.15, 0.2) is 0 Å². The van der Waals surface area contributed by atoms with Crippen molar-refractivity contribution in [2.45, 2.75) is 39.8 Å². The zero-order valence-electron chi connectivity index (χ0n) is 17.7. The maximum absolute atomic E-state index is 6.08. The van der Waals surface area contributed by atoms with Crippen LogP contribution in [0.15, 0.2) is 72.8 Å². The molecule has 3 aromatic carbocycles. The van der Waals surface area contributed by atoms with Crippen LogP contribution < -0.4 is 9.47 Å². The van der Waals surface area contributed by atoms with E-state index in [1.165, 1.54) is 5.56 Å². The van der Waals surface area contributed by atoms with Crippen LogP contribution in [0.2, 0.25) is 0 Å². The Morgan fingerprint density at radius 3 is 2.40 bits per heavy atom. The predicted molar refractivity (Wildman–Crippen MR) is 121 cm³/mol. The van der Waals surface area contributed by atoms with Crippen molar-refractivity contribution in [2.75, 3.05) is 6.61 Å². The van der Waals surface area contributed by atoms with Gasteiger partial charge >= 0.3 is 0 Å². The molecule has 0 saturated heterocycles. The second-order valence-corrected chi connectivity index (χ2v) is 7.59. The molecule has 0 atom stereocenters. The Morgan fingerprint density at radius 1 is 0.800 bits per heavy atom. The van der Waals surface area contributed by atoms with Crippen LogP contribution in [0.5, 0.6) is 11.5 Å². The minimum absolute atomic E-state index is 0.458. The molecule has 0 spiro atoms. The van der Waals surface area contributed by atoms with Crippen molar-refractivity contribution in [1.29, 1.82) is 0 Å². The van der Waals surface area contributed by atoms with Crippen LogP contribution in [0.3, 0.4) is 0 Å². The van der Waals surface area contributed by atoms with Crippen LogP contribution in [-0.2, 0) is 13.2 Å². The highest BCUT2D eigenvalue weighted by atomic mass is 16.5. The third-order valence-corrected chi connectivity index (χ3v) is 5.25. The molecule has 30 heavy (non-hydrogen) atoms. The van der Waals surface area contributed by atoms with E-state index in [1.54, 1.807) is 0 Å². The van der Waals surface area contributed by atoms with Gasteiger partial charge in [-0.25, -0.2) is 4.98 Å². The second kappa shape index (κ2) is 9.49. The van der Waals surface area contributed by atoms with Gasteiger partial charge in [-0.1, -0.05) is 48.0 Å². The first-order valence-corrected chi connectivity index (χ1v) is 10.5. The maximum atomic E-state index is 6.08. The molecule has 0 unspecified atom stereocenters. The minimum atomic E-state index is 0.458.